The number of nitrogens with zero attached hydrogens (tertiary/aromatic N) is 5. The number of guanidine groups is 1. The fourth-order valence-electron chi connectivity index (χ4n) is 4.21. The number of ether oxygens (including phenoxy) is 1. The zero-order chi connectivity index (χ0) is 22.8. The molecule has 1 saturated heterocycles. The summed E-state index contributed by atoms with van der Waals surface area (Å²) >= 11 is 0. The molecule has 0 spiro atoms. The van der Waals surface area contributed by atoms with Crippen molar-refractivity contribution < 1.29 is 9.26 Å². The van der Waals surface area contributed by atoms with Crippen molar-refractivity contribution in [3.63, 3.8) is 0 Å². The van der Waals surface area contributed by atoms with Crippen molar-refractivity contribution in [2.75, 3.05) is 59.5 Å². The van der Waals surface area contributed by atoms with Gasteiger partial charge >= 0.3 is 0 Å². The van der Waals surface area contributed by atoms with Crippen LogP contribution in [0.4, 0.5) is 0 Å². The summed E-state index contributed by atoms with van der Waals surface area (Å²) in [6.45, 7) is 14.7. The molecule has 1 aromatic heterocycles. The van der Waals surface area contributed by atoms with Gasteiger partial charge in [-0.15, -0.1) is 0 Å². The van der Waals surface area contributed by atoms with Crippen LogP contribution < -0.4 is 10.1 Å². The zero-order valence-electron chi connectivity index (χ0n) is 20.0. The van der Waals surface area contributed by atoms with Gasteiger partial charge in [0.05, 0.1) is 25.4 Å². The van der Waals surface area contributed by atoms with Gasteiger partial charge in [0.15, 0.2) is 5.96 Å². The number of methoxy groups -OCH3 is 1. The fraction of sp³-hybridized carbons (Fsp3) is 0.583. The molecule has 8 heteroatoms. The average Bonchev–Trinajstić information content (AvgIpc) is 3.34. The van der Waals surface area contributed by atoms with Gasteiger partial charge < -0.3 is 19.5 Å². The summed E-state index contributed by atoms with van der Waals surface area (Å²) in [6.07, 6.45) is 1.64. The first-order valence-electron chi connectivity index (χ1n) is 11.7. The lowest BCUT2D eigenvalue weighted by Crippen LogP contribution is -2.52. The van der Waals surface area contributed by atoms with Crippen LogP contribution in [0.15, 0.2) is 46.1 Å². The van der Waals surface area contributed by atoms with E-state index < -0.39 is 0 Å². The molecule has 0 radical (unpaired) electrons. The second-order valence-corrected chi connectivity index (χ2v) is 7.96. The molecule has 0 saturated carbocycles. The summed E-state index contributed by atoms with van der Waals surface area (Å²) in [5.41, 5.74) is 2.23. The van der Waals surface area contributed by atoms with E-state index in [2.05, 4.69) is 64.1 Å². The molecular formula is C24H38N6O2. The van der Waals surface area contributed by atoms with Gasteiger partial charge in [-0.3, -0.25) is 14.8 Å². The van der Waals surface area contributed by atoms with Crippen LogP contribution in [0.25, 0.3) is 0 Å². The summed E-state index contributed by atoms with van der Waals surface area (Å²) in [5.74, 6) is 1.88. The summed E-state index contributed by atoms with van der Waals surface area (Å²) in [4.78, 5) is 12.3. The molecule has 0 bridgehead atoms. The Bertz CT molecular complexity index is 814. The van der Waals surface area contributed by atoms with Gasteiger partial charge in [-0.2, -0.15) is 0 Å². The Morgan fingerprint density at radius 3 is 2.59 bits per heavy atom. The minimum absolute atomic E-state index is 0.210. The van der Waals surface area contributed by atoms with Crippen molar-refractivity contribution >= 4 is 5.96 Å². The highest BCUT2D eigenvalue weighted by molar-refractivity contribution is 5.80. The second-order valence-electron chi connectivity index (χ2n) is 7.96. The molecule has 1 fully saturated rings. The van der Waals surface area contributed by atoms with Gasteiger partial charge in [0.1, 0.15) is 12.0 Å². The number of likely N-dealkylation sites (N-methyl/N-ethyl adjacent to an activating group) is 1. The van der Waals surface area contributed by atoms with Gasteiger partial charge in [0.25, 0.3) is 0 Å². The number of aromatic nitrogens is 1. The maximum atomic E-state index is 5.47. The molecule has 1 N–H and O–H groups in total. The van der Waals surface area contributed by atoms with E-state index >= 15 is 0 Å². The van der Waals surface area contributed by atoms with Gasteiger partial charge in [-0.05, 0) is 37.7 Å². The third-order valence-electron chi connectivity index (χ3n) is 6.03. The van der Waals surface area contributed by atoms with E-state index in [0.29, 0.717) is 6.54 Å². The third-order valence-corrected chi connectivity index (χ3v) is 6.03. The lowest BCUT2D eigenvalue weighted by atomic mass is 10.0. The van der Waals surface area contributed by atoms with Crippen molar-refractivity contribution in [2.24, 2.45) is 4.99 Å². The van der Waals surface area contributed by atoms with E-state index in [-0.39, 0.29) is 6.04 Å². The average molecular weight is 443 g/mol. The van der Waals surface area contributed by atoms with Crippen molar-refractivity contribution in [1.29, 1.82) is 0 Å². The van der Waals surface area contributed by atoms with Gasteiger partial charge in [-0.25, -0.2) is 0 Å². The predicted octanol–water partition coefficient (Wildman–Crippen LogP) is 2.85. The molecule has 1 aromatic carbocycles. The first-order chi connectivity index (χ1) is 15.7. The summed E-state index contributed by atoms with van der Waals surface area (Å²) in [5, 5.41) is 7.54. The van der Waals surface area contributed by atoms with Gasteiger partial charge in [0, 0.05) is 45.3 Å². The summed E-state index contributed by atoms with van der Waals surface area (Å²) in [7, 11) is 1.72. The Morgan fingerprint density at radius 2 is 1.97 bits per heavy atom. The smallest absolute Gasteiger partial charge is 0.194 e. The highest BCUT2D eigenvalue weighted by atomic mass is 16.5. The molecule has 3 rings (SSSR count). The van der Waals surface area contributed by atoms with Crippen LogP contribution in [-0.4, -0.2) is 85.3 Å². The number of benzene rings is 1. The lowest BCUT2D eigenvalue weighted by Gasteiger charge is -2.36. The van der Waals surface area contributed by atoms with Crippen LogP contribution in [0.5, 0.6) is 5.75 Å². The Morgan fingerprint density at radius 1 is 1.19 bits per heavy atom. The normalized spacial score (nSPS) is 16.4. The van der Waals surface area contributed by atoms with E-state index in [1.165, 1.54) is 5.56 Å². The van der Waals surface area contributed by atoms with E-state index in [9.17, 15) is 0 Å². The molecular weight excluding hydrogens is 404 g/mol. The molecule has 0 aliphatic carbocycles. The largest absolute Gasteiger partial charge is 0.497 e. The number of rotatable bonds is 10. The van der Waals surface area contributed by atoms with Crippen molar-refractivity contribution in [1.82, 2.24) is 25.2 Å². The van der Waals surface area contributed by atoms with Crippen LogP contribution >= 0.6 is 0 Å². The molecule has 1 aliphatic rings. The van der Waals surface area contributed by atoms with E-state index in [1.54, 1.807) is 13.4 Å². The maximum Gasteiger partial charge on any atom is 0.194 e. The van der Waals surface area contributed by atoms with Crippen molar-refractivity contribution in [2.45, 2.75) is 33.4 Å². The molecule has 2 aromatic rings. The number of aliphatic imine (C=N–C) groups is 1. The van der Waals surface area contributed by atoms with Crippen LogP contribution in [0, 0.1) is 0 Å². The zero-order valence-corrected chi connectivity index (χ0v) is 20.0. The van der Waals surface area contributed by atoms with Crippen LogP contribution in [0.1, 0.15) is 38.1 Å². The van der Waals surface area contributed by atoms with E-state index in [0.717, 1.165) is 69.8 Å². The Balaban J connectivity index is 1.69. The first-order valence-corrected chi connectivity index (χ1v) is 11.7. The molecule has 1 aliphatic heterocycles. The maximum absolute atomic E-state index is 5.47. The van der Waals surface area contributed by atoms with Crippen LogP contribution in [0.2, 0.25) is 0 Å². The lowest BCUT2D eigenvalue weighted by molar-refractivity contribution is 0.168. The first kappa shape index (κ1) is 24.1. The molecule has 1 atom stereocenters. The predicted molar refractivity (Wildman–Crippen MR) is 128 cm³/mol. The molecule has 176 valence electrons. The minimum atomic E-state index is 0.210. The minimum Gasteiger partial charge on any atom is -0.497 e. The number of hydrogen-bond acceptors (Lipinski definition) is 6. The standard InChI is InChI=1S/C24H38N6O2/c1-5-25-24(30-14-12-28(13-15-30)19-21-11-16-32-27-21)26-18-23(29(6-2)7-3)20-9-8-10-22(17-20)31-4/h8-11,16-17,23H,5-7,12-15,18-19H2,1-4H3,(H,25,26). The summed E-state index contributed by atoms with van der Waals surface area (Å²) < 4.78 is 10.4. The number of piperazine rings is 1. The van der Waals surface area contributed by atoms with Crippen LogP contribution in [-0.2, 0) is 6.54 Å². The highest BCUT2D eigenvalue weighted by Crippen LogP contribution is 2.25. The van der Waals surface area contributed by atoms with Crippen LogP contribution in [0.3, 0.4) is 0 Å². The van der Waals surface area contributed by atoms with E-state index in [1.807, 2.05) is 12.1 Å². The monoisotopic (exact) mass is 442 g/mol. The second kappa shape index (κ2) is 12.5. The topological polar surface area (TPSA) is 69.4 Å². The fourth-order valence-corrected chi connectivity index (χ4v) is 4.21. The Hall–Kier alpha value is -2.58. The van der Waals surface area contributed by atoms with Crippen molar-refractivity contribution in [3.05, 3.63) is 47.9 Å². The molecule has 2 heterocycles. The summed E-state index contributed by atoms with van der Waals surface area (Å²) in [6, 6.07) is 10.5. The molecule has 0 amide bonds. The Kier molecular flexibility index (Phi) is 9.37. The number of nitrogens with one attached hydrogen (secondary N) is 1. The van der Waals surface area contributed by atoms with Gasteiger partial charge in [0.2, 0.25) is 0 Å². The van der Waals surface area contributed by atoms with E-state index in [4.69, 9.17) is 14.3 Å². The Labute approximate surface area is 192 Å². The molecule has 32 heavy (non-hydrogen) atoms. The quantitative estimate of drug-likeness (QED) is 0.448. The number of hydrogen-bond donors (Lipinski definition) is 1. The molecule has 1 unspecified atom stereocenters. The third kappa shape index (κ3) is 6.46. The van der Waals surface area contributed by atoms with Crippen molar-refractivity contribution in [3.8, 4) is 5.75 Å². The van der Waals surface area contributed by atoms with Gasteiger partial charge in [-0.1, -0.05) is 31.1 Å². The highest BCUT2D eigenvalue weighted by Gasteiger charge is 2.22. The molecule has 8 nitrogen and oxygen atoms in total. The SMILES string of the molecule is CCNC(=NCC(c1cccc(OC)c1)N(CC)CC)N1CCN(Cc2ccon2)CC1.